The Morgan fingerprint density at radius 3 is 2.56 bits per heavy atom. The van der Waals surface area contributed by atoms with Crippen molar-refractivity contribution >= 4 is 0 Å². The van der Waals surface area contributed by atoms with Gasteiger partial charge in [0.2, 0.25) is 0 Å². The summed E-state index contributed by atoms with van der Waals surface area (Å²) >= 11 is 0. The van der Waals surface area contributed by atoms with Crippen LogP contribution < -0.4 is 5.32 Å². The Bertz CT molecular complexity index is 197. The molecule has 2 heteroatoms. The van der Waals surface area contributed by atoms with E-state index in [2.05, 4.69) is 37.9 Å². The van der Waals surface area contributed by atoms with Crippen LogP contribution in [0.4, 0.5) is 0 Å². The zero-order chi connectivity index (χ0) is 13.4. The van der Waals surface area contributed by atoms with Crippen LogP contribution >= 0.6 is 0 Å². The normalized spacial score (nSPS) is 22.7. The van der Waals surface area contributed by atoms with Gasteiger partial charge in [-0.25, -0.2) is 0 Å². The maximum absolute atomic E-state index is 3.54. The number of hydrogen-bond donors (Lipinski definition) is 1. The van der Waals surface area contributed by atoms with Crippen LogP contribution in [-0.4, -0.2) is 36.6 Å². The van der Waals surface area contributed by atoms with Crippen LogP contribution in [-0.2, 0) is 0 Å². The van der Waals surface area contributed by atoms with Gasteiger partial charge in [0.1, 0.15) is 0 Å². The predicted molar refractivity (Wildman–Crippen MR) is 81.0 cm³/mol. The summed E-state index contributed by atoms with van der Waals surface area (Å²) in [6.07, 6.45) is 8.26. The molecule has 1 N–H and O–H groups in total. The molecule has 0 radical (unpaired) electrons. The highest BCUT2D eigenvalue weighted by Crippen LogP contribution is 2.18. The molecule has 1 aliphatic rings. The third-order valence-corrected chi connectivity index (χ3v) is 4.32. The zero-order valence-corrected chi connectivity index (χ0v) is 13.0. The van der Waals surface area contributed by atoms with Crippen LogP contribution in [0.1, 0.15) is 66.2 Å². The summed E-state index contributed by atoms with van der Waals surface area (Å²) in [5, 5.41) is 3.54. The molecule has 0 aromatic rings. The van der Waals surface area contributed by atoms with Crippen molar-refractivity contribution in [3.8, 4) is 0 Å². The van der Waals surface area contributed by atoms with Gasteiger partial charge in [0, 0.05) is 18.6 Å². The van der Waals surface area contributed by atoms with Gasteiger partial charge in [0.15, 0.2) is 0 Å². The fraction of sp³-hybridized carbons (Fsp3) is 1.00. The van der Waals surface area contributed by atoms with Crippen LogP contribution in [0, 0.1) is 5.92 Å². The third-order valence-electron chi connectivity index (χ3n) is 4.32. The molecule has 0 amide bonds. The van der Waals surface area contributed by atoms with Crippen LogP contribution in [0.2, 0.25) is 0 Å². The molecule has 1 saturated heterocycles. The van der Waals surface area contributed by atoms with Crippen molar-refractivity contribution in [2.75, 3.05) is 19.6 Å². The lowest BCUT2D eigenvalue weighted by Gasteiger charge is -2.37. The van der Waals surface area contributed by atoms with Crippen molar-refractivity contribution in [2.45, 2.75) is 78.3 Å². The summed E-state index contributed by atoms with van der Waals surface area (Å²) in [6.45, 7) is 13.2. The fourth-order valence-corrected chi connectivity index (χ4v) is 3.13. The predicted octanol–water partition coefficient (Wildman–Crippen LogP) is 3.67. The van der Waals surface area contributed by atoms with E-state index in [-0.39, 0.29) is 0 Å². The minimum Gasteiger partial charge on any atom is -0.316 e. The molecule has 1 rings (SSSR count). The SMILES string of the molecule is CCCCCC(C)N(CC1CCCNC1)C(C)C. The molecule has 108 valence electrons. The first-order valence-corrected chi connectivity index (χ1v) is 8.11. The second-order valence-corrected chi connectivity index (χ2v) is 6.35. The summed E-state index contributed by atoms with van der Waals surface area (Å²) < 4.78 is 0. The van der Waals surface area contributed by atoms with Crippen LogP contribution in [0.3, 0.4) is 0 Å². The van der Waals surface area contributed by atoms with Gasteiger partial charge < -0.3 is 5.32 Å². The largest absolute Gasteiger partial charge is 0.316 e. The second-order valence-electron chi connectivity index (χ2n) is 6.35. The van der Waals surface area contributed by atoms with Crippen molar-refractivity contribution in [3.05, 3.63) is 0 Å². The van der Waals surface area contributed by atoms with E-state index in [1.165, 1.54) is 58.2 Å². The van der Waals surface area contributed by atoms with Crippen molar-refractivity contribution in [1.29, 1.82) is 0 Å². The molecule has 1 heterocycles. The first-order chi connectivity index (χ1) is 8.65. The molecule has 0 saturated carbocycles. The van der Waals surface area contributed by atoms with Gasteiger partial charge in [0.25, 0.3) is 0 Å². The topological polar surface area (TPSA) is 15.3 Å². The summed E-state index contributed by atoms with van der Waals surface area (Å²) in [6, 6.07) is 1.43. The summed E-state index contributed by atoms with van der Waals surface area (Å²) in [5.41, 5.74) is 0. The average Bonchev–Trinajstić information content (AvgIpc) is 2.37. The van der Waals surface area contributed by atoms with Crippen LogP contribution in [0.5, 0.6) is 0 Å². The van der Waals surface area contributed by atoms with E-state index in [1.54, 1.807) is 0 Å². The van der Waals surface area contributed by atoms with Crippen LogP contribution in [0.15, 0.2) is 0 Å². The van der Waals surface area contributed by atoms with Gasteiger partial charge in [-0.05, 0) is 59.0 Å². The summed E-state index contributed by atoms with van der Waals surface area (Å²) in [4.78, 5) is 2.73. The highest BCUT2D eigenvalue weighted by atomic mass is 15.2. The Morgan fingerprint density at radius 1 is 1.22 bits per heavy atom. The molecule has 0 spiro atoms. The molecule has 1 fully saturated rings. The van der Waals surface area contributed by atoms with E-state index in [9.17, 15) is 0 Å². The maximum Gasteiger partial charge on any atom is 0.00697 e. The monoisotopic (exact) mass is 254 g/mol. The highest BCUT2D eigenvalue weighted by molar-refractivity contribution is 4.78. The molecule has 18 heavy (non-hydrogen) atoms. The number of rotatable bonds is 8. The first-order valence-electron chi connectivity index (χ1n) is 8.11. The smallest absolute Gasteiger partial charge is 0.00697 e. The quantitative estimate of drug-likeness (QED) is 0.665. The molecule has 2 atom stereocenters. The summed E-state index contributed by atoms with van der Waals surface area (Å²) in [5.74, 6) is 0.870. The third kappa shape index (κ3) is 5.71. The highest BCUT2D eigenvalue weighted by Gasteiger charge is 2.22. The van der Waals surface area contributed by atoms with Crippen molar-refractivity contribution in [3.63, 3.8) is 0 Å². The lowest BCUT2D eigenvalue weighted by atomic mass is 9.97. The Kier molecular flexibility index (Phi) is 7.92. The lowest BCUT2D eigenvalue weighted by molar-refractivity contribution is 0.119. The standard InChI is InChI=1S/C16H34N2/c1-5-6-7-9-15(4)18(14(2)3)13-16-10-8-11-17-12-16/h14-17H,5-13H2,1-4H3. The minimum atomic E-state index is 0.684. The van der Waals surface area contributed by atoms with Crippen LogP contribution in [0.25, 0.3) is 0 Å². The van der Waals surface area contributed by atoms with E-state index in [0.29, 0.717) is 6.04 Å². The fourth-order valence-electron chi connectivity index (χ4n) is 3.13. The van der Waals surface area contributed by atoms with Gasteiger partial charge >= 0.3 is 0 Å². The lowest BCUT2D eigenvalue weighted by Crippen LogP contribution is -2.45. The zero-order valence-electron chi connectivity index (χ0n) is 13.0. The molecule has 2 unspecified atom stereocenters. The van der Waals surface area contributed by atoms with E-state index in [1.807, 2.05) is 0 Å². The molecule has 2 nitrogen and oxygen atoms in total. The van der Waals surface area contributed by atoms with Crippen molar-refractivity contribution < 1.29 is 0 Å². The van der Waals surface area contributed by atoms with Crippen molar-refractivity contribution in [1.82, 2.24) is 10.2 Å². The second kappa shape index (κ2) is 8.92. The molecule has 1 aliphatic heterocycles. The Balaban J connectivity index is 2.37. The van der Waals surface area contributed by atoms with E-state index < -0.39 is 0 Å². The Hall–Kier alpha value is -0.0800. The first kappa shape index (κ1) is 16.0. The van der Waals surface area contributed by atoms with Gasteiger partial charge in [-0.3, -0.25) is 4.90 Å². The number of unbranched alkanes of at least 4 members (excludes halogenated alkanes) is 2. The van der Waals surface area contributed by atoms with E-state index in [4.69, 9.17) is 0 Å². The number of nitrogens with one attached hydrogen (secondary N) is 1. The average molecular weight is 254 g/mol. The Labute approximate surface area is 115 Å². The molecule has 0 aromatic heterocycles. The molecule has 0 bridgehead atoms. The van der Waals surface area contributed by atoms with Gasteiger partial charge in [-0.15, -0.1) is 0 Å². The Morgan fingerprint density at radius 2 is 2.00 bits per heavy atom. The number of hydrogen-bond acceptors (Lipinski definition) is 2. The van der Waals surface area contributed by atoms with Gasteiger partial charge in [0.05, 0.1) is 0 Å². The van der Waals surface area contributed by atoms with Gasteiger partial charge in [-0.1, -0.05) is 26.2 Å². The summed E-state index contributed by atoms with van der Waals surface area (Å²) in [7, 11) is 0. The maximum atomic E-state index is 3.54. The minimum absolute atomic E-state index is 0.684. The molecular formula is C16H34N2. The van der Waals surface area contributed by atoms with E-state index >= 15 is 0 Å². The number of nitrogens with zero attached hydrogens (tertiary/aromatic N) is 1. The van der Waals surface area contributed by atoms with Gasteiger partial charge in [-0.2, -0.15) is 0 Å². The molecular weight excluding hydrogens is 220 g/mol. The number of piperidine rings is 1. The molecule has 0 aromatic carbocycles. The van der Waals surface area contributed by atoms with E-state index in [0.717, 1.165) is 12.0 Å². The molecule has 0 aliphatic carbocycles. The van der Waals surface area contributed by atoms with Crippen molar-refractivity contribution in [2.24, 2.45) is 5.92 Å².